The third kappa shape index (κ3) is 2.84. The number of anilines is 2. The Balaban J connectivity index is 1.81. The lowest BCUT2D eigenvalue weighted by Crippen LogP contribution is -2.21. The SMILES string of the molecule is CSc1c(NC2CCCCC2)sc(C(=O)C2CC2)c1N. The van der Waals surface area contributed by atoms with Crippen LogP contribution < -0.4 is 11.1 Å². The molecule has 2 fully saturated rings. The number of carbonyl (C=O) groups is 1. The molecule has 0 bridgehead atoms. The lowest BCUT2D eigenvalue weighted by molar-refractivity contribution is 0.0972. The number of hydrogen-bond donors (Lipinski definition) is 2. The van der Waals surface area contributed by atoms with Crippen LogP contribution in [0.25, 0.3) is 0 Å². The molecule has 0 spiro atoms. The van der Waals surface area contributed by atoms with Crippen molar-refractivity contribution in [2.45, 2.75) is 55.9 Å². The predicted octanol–water partition coefficient (Wildman–Crippen LogP) is 4.39. The van der Waals surface area contributed by atoms with Crippen molar-refractivity contribution in [2.24, 2.45) is 5.92 Å². The van der Waals surface area contributed by atoms with E-state index in [-0.39, 0.29) is 11.7 Å². The summed E-state index contributed by atoms with van der Waals surface area (Å²) < 4.78 is 0. The van der Waals surface area contributed by atoms with Gasteiger partial charge < -0.3 is 11.1 Å². The van der Waals surface area contributed by atoms with Gasteiger partial charge in [0.05, 0.1) is 15.5 Å². The lowest BCUT2D eigenvalue weighted by atomic mass is 9.96. The molecule has 1 aromatic heterocycles. The van der Waals surface area contributed by atoms with E-state index in [1.54, 1.807) is 23.1 Å². The highest BCUT2D eigenvalue weighted by Gasteiger charge is 2.34. The fourth-order valence-corrected chi connectivity index (χ4v) is 4.99. The molecular weight excluding hydrogens is 288 g/mol. The maximum atomic E-state index is 12.3. The molecule has 0 radical (unpaired) electrons. The van der Waals surface area contributed by atoms with E-state index in [1.807, 2.05) is 6.26 Å². The zero-order valence-corrected chi connectivity index (χ0v) is 13.5. The van der Waals surface area contributed by atoms with Gasteiger partial charge in [0.2, 0.25) is 0 Å². The highest BCUT2D eigenvalue weighted by molar-refractivity contribution is 7.99. The zero-order valence-electron chi connectivity index (χ0n) is 11.9. The molecule has 0 aromatic carbocycles. The molecule has 0 amide bonds. The maximum Gasteiger partial charge on any atom is 0.178 e. The van der Waals surface area contributed by atoms with Gasteiger partial charge in [-0.1, -0.05) is 19.3 Å². The minimum atomic E-state index is 0.244. The summed E-state index contributed by atoms with van der Waals surface area (Å²) in [4.78, 5) is 14.2. The number of nitrogens with two attached hydrogens (primary N) is 1. The molecule has 5 heteroatoms. The molecule has 3 rings (SSSR count). The summed E-state index contributed by atoms with van der Waals surface area (Å²) in [5.74, 6) is 0.507. The van der Waals surface area contributed by atoms with E-state index in [1.165, 1.54) is 32.1 Å². The van der Waals surface area contributed by atoms with Gasteiger partial charge in [0.1, 0.15) is 5.00 Å². The van der Waals surface area contributed by atoms with Crippen molar-refractivity contribution in [2.75, 3.05) is 17.3 Å². The van der Waals surface area contributed by atoms with Gasteiger partial charge in [0.15, 0.2) is 5.78 Å². The van der Waals surface area contributed by atoms with Crippen LogP contribution in [0.15, 0.2) is 4.90 Å². The largest absolute Gasteiger partial charge is 0.396 e. The van der Waals surface area contributed by atoms with Crippen LogP contribution in [-0.4, -0.2) is 18.1 Å². The van der Waals surface area contributed by atoms with E-state index in [4.69, 9.17) is 5.73 Å². The van der Waals surface area contributed by atoms with Crippen LogP contribution in [-0.2, 0) is 0 Å². The van der Waals surface area contributed by atoms with Crippen LogP contribution in [0, 0.1) is 5.92 Å². The van der Waals surface area contributed by atoms with Crippen LogP contribution in [0.1, 0.15) is 54.6 Å². The molecule has 2 aliphatic rings. The first kappa shape index (κ1) is 14.3. The summed E-state index contributed by atoms with van der Waals surface area (Å²) in [6.07, 6.45) is 10.5. The molecule has 110 valence electrons. The fourth-order valence-electron chi connectivity index (χ4n) is 2.87. The van der Waals surface area contributed by atoms with Gasteiger partial charge in [-0.25, -0.2) is 0 Å². The summed E-state index contributed by atoms with van der Waals surface area (Å²) in [5.41, 5.74) is 6.92. The van der Waals surface area contributed by atoms with Crippen LogP contribution in [0.3, 0.4) is 0 Å². The Labute approximate surface area is 128 Å². The second kappa shape index (κ2) is 5.98. The molecular formula is C15H22N2OS2. The smallest absolute Gasteiger partial charge is 0.178 e. The van der Waals surface area contributed by atoms with Crippen molar-refractivity contribution in [3.05, 3.63) is 4.88 Å². The number of ketones is 1. The van der Waals surface area contributed by atoms with Crippen LogP contribution in [0.5, 0.6) is 0 Å². The summed E-state index contributed by atoms with van der Waals surface area (Å²) in [6, 6.07) is 0.552. The summed E-state index contributed by atoms with van der Waals surface area (Å²) in [6.45, 7) is 0. The van der Waals surface area contributed by atoms with E-state index in [0.29, 0.717) is 11.7 Å². The zero-order chi connectivity index (χ0) is 14.1. The summed E-state index contributed by atoms with van der Waals surface area (Å²) in [7, 11) is 0. The van der Waals surface area contributed by atoms with Crippen molar-refractivity contribution in [3.8, 4) is 0 Å². The van der Waals surface area contributed by atoms with E-state index in [0.717, 1.165) is 27.6 Å². The Bertz CT molecular complexity index is 502. The Kier molecular flexibility index (Phi) is 4.26. The third-order valence-electron chi connectivity index (χ3n) is 4.22. The second-order valence-electron chi connectivity index (χ2n) is 5.83. The van der Waals surface area contributed by atoms with Gasteiger partial charge in [-0.2, -0.15) is 0 Å². The van der Waals surface area contributed by atoms with Gasteiger partial charge in [0, 0.05) is 12.0 Å². The molecule has 2 aliphatic carbocycles. The Morgan fingerprint density at radius 1 is 1.25 bits per heavy atom. The normalized spacial score (nSPS) is 20.1. The summed E-state index contributed by atoms with van der Waals surface area (Å²) >= 11 is 3.23. The van der Waals surface area contributed by atoms with Gasteiger partial charge in [0.25, 0.3) is 0 Å². The van der Waals surface area contributed by atoms with Crippen molar-refractivity contribution >= 4 is 39.6 Å². The van der Waals surface area contributed by atoms with Crippen molar-refractivity contribution in [1.82, 2.24) is 0 Å². The van der Waals surface area contributed by atoms with Crippen molar-refractivity contribution in [1.29, 1.82) is 0 Å². The highest BCUT2D eigenvalue weighted by Crippen LogP contribution is 2.45. The molecule has 2 saturated carbocycles. The molecule has 3 N–H and O–H groups in total. The highest BCUT2D eigenvalue weighted by atomic mass is 32.2. The fraction of sp³-hybridized carbons (Fsp3) is 0.667. The molecule has 0 atom stereocenters. The molecule has 20 heavy (non-hydrogen) atoms. The molecule has 1 aromatic rings. The quantitative estimate of drug-likeness (QED) is 0.625. The first-order chi connectivity index (χ1) is 9.70. The topological polar surface area (TPSA) is 55.1 Å². The van der Waals surface area contributed by atoms with E-state index in [9.17, 15) is 4.79 Å². The van der Waals surface area contributed by atoms with Gasteiger partial charge in [-0.05, 0) is 31.9 Å². The number of Topliss-reactive ketones (excluding diaryl/α,β-unsaturated/α-hetero) is 1. The number of nitrogen functional groups attached to an aromatic ring is 1. The average molecular weight is 310 g/mol. The Morgan fingerprint density at radius 3 is 2.55 bits per heavy atom. The Morgan fingerprint density at radius 2 is 1.95 bits per heavy atom. The molecule has 3 nitrogen and oxygen atoms in total. The van der Waals surface area contributed by atoms with Gasteiger partial charge in [-0.3, -0.25) is 4.79 Å². The van der Waals surface area contributed by atoms with Crippen molar-refractivity contribution < 1.29 is 4.79 Å². The first-order valence-electron chi connectivity index (χ1n) is 7.47. The first-order valence-corrected chi connectivity index (χ1v) is 9.52. The lowest BCUT2D eigenvalue weighted by Gasteiger charge is -2.23. The van der Waals surface area contributed by atoms with E-state index >= 15 is 0 Å². The molecule has 0 unspecified atom stereocenters. The number of nitrogens with one attached hydrogen (secondary N) is 1. The standard InChI is InChI=1S/C15H22N2OS2/c1-19-14-11(16)13(12(18)9-7-8-9)20-15(14)17-10-5-3-2-4-6-10/h9-10,17H,2-8,16H2,1H3. The molecule has 0 saturated heterocycles. The number of carbonyl (C=O) groups excluding carboxylic acids is 1. The second-order valence-corrected chi connectivity index (χ2v) is 7.66. The van der Waals surface area contributed by atoms with Crippen LogP contribution >= 0.6 is 23.1 Å². The molecule has 0 aliphatic heterocycles. The predicted molar refractivity (Wildman–Crippen MR) is 88.1 cm³/mol. The molecule has 1 heterocycles. The summed E-state index contributed by atoms with van der Waals surface area (Å²) in [5, 5.41) is 4.76. The maximum absolute atomic E-state index is 12.3. The number of thiophene rings is 1. The Hall–Kier alpha value is -0.680. The van der Waals surface area contributed by atoms with Gasteiger partial charge >= 0.3 is 0 Å². The number of hydrogen-bond acceptors (Lipinski definition) is 5. The monoisotopic (exact) mass is 310 g/mol. The average Bonchev–Trinajstić information content (AvgIpc) is 3.25. The van der Waals surface area contributed by atoms with Crippen LogP contribution in [0.2, 0.25) is 0 Å². The minimum absolute atomic E-state index is 0.244. The van der Waals surface area contributed by atoms with E-state index < -0.39 is 0 Å². The number of rotatable bonds is 5. The number of thioether (sulfide) groups is 1. The van der Waals surface area contributed by atoms with Crippen LogP contribution in [0.4, 0.5) is 10.7 Å². The minimum Gasteiger partial charge on any atom is -0.396 e. The van der Waals surface area contributed by atoms with E-state index in [2.05, 4.69) is 5.32 Å². The van der Waals surface area contributed by atoms with Gasteiger partial charge in [-0.15, -0.1) is 23.1 Å². The third-order valence-corrected chi connectivity index (χ3v) is 6.33. The van der Waals surface area contributed by atoms with Crippen molar-refractivity contribution in [3.63, 3.8) is 0 Å².